The highest BCUT2D eigenvalue weighted by Gasteiger charge is 1.99. The van der Waals surface area contributed by atoms with Crippen LogP contribution in [0, 0.1) is 11.8 Å². The first-order chi connectivity index (χ1) is 6.02. The van der Waals surface area contributed by atoms with E-state index in [1.54, 1.807) is 0 Å². The van der Waals surface area contributed by atoms with Gasteiger partial charge < -0.3 is 0 Å². The lowest BCUT2D eigenvalue weighted by Crippen LogP contribution is -2.04. The minimum atomic E-state index is -2.13. The van der Waals surface area contributed by atoms with Gasteiger partial charge in [-0.2, -0.15) is 4.21 Å². The molecule has 0 heterocycles. The van der Waals surface area contributed by atoms with E-state index in [2.05, 4.69) is 24.1 Å². The van der Waals surface area contributed by atoms with E-state index in [0.717, 1.165) is 6.42 Å². The highest BCUT2D eigenvalue weighted by atomic mass is 32.2. The first-order valence-corrected chi connectivity index (χ1v) is 5.46. The van der Waals surface area contributed by atoms with Gasteiger partial charge in [0.15, 0.2) is 0 Å². The summed E-state index contributed by atoms with van der Waals surface area (Å²) in [6, 6.07) is 0. The van der Waals surface area contributed by atoms with Crippen LogP contribution >= 0.6 is 0 Å². The fraction of sp³-hybridized carbons (Fsp3) is 0.778. The van der Waals surface area contributed by atoms with Gasteiger partial charge in [-0.1, -0.05) is 32.9 Å². The number of rotatable bonds is 6. The van der Waals surface area contributed by atoms with Crippen LogP contribution in [0.3, 0.4) is 0 Å². The summed E-state index contributed by atoms with van der Waals surface area (Å²) in [7, 11) is 0. The molecule has 0 fully saturated rings. The third kappa shape index (κ3) is 9.73. The molecule has 0 spiro atoms. The molecule has 1 unspecified atom stereocenters. The summed E-state index contributed by atoms with van der Waals surface area (Å²) >= 11 is -2.13. The molecule has 0 aliphatic rings. The molecule has 0 aromatic carbocycles. The molecule has 0 aromatic rings. The van der Waals surface area contributed by atoms with Gasteiger partial charge >= 0.3 is 11.4 Å². The van der Waals surface area contributed by atoms with Gasteiger partial charge in [-0.05, 0) is 18.3 Å². The minimum absolute atomic E-state index is 0.190. The Hall–Kier alpha value is -0.190. The van der Waals surface area contributed by atoms with Gasteiger partial charge in [0.2, 0.25) is 0 Å². The van der Waals surface area contributed by atoms with Crippen molar-refractivity contribution in [3.05, 3.63) is 12.2 Å². The van der Waals surface area contributed by atoms with Crippen molar-refractivity contribution in [2.75, 3.05) is 6.61 Å². The van der Waals surface area contributed by atoms with Gasteiger partial charge in [0.05, 0.1) is 6.61 Å². The van der Waals surface area contributed by atoms with Crippen LogP contribution in [0.2, 0.25) is 0 Å². The molecule has 13 heavy (non-hydrogen) atoms. The summed E-state index contributed by atoms with van der Waals surface area (Å²) < 4.78 is 23.0. The standard InChI is InChI=1S/C9H18O3S/c1-8(2)5-4-6-9(3)7-12-13(10)11/h4,6,8-9H,5,7H2,1-3H3,(H,10,11)/t9-/m1/s1. The van der Waals surface area contributed by atoms with Crippen molar-refractivity contribution >= 4 is 11.4 Å². The van der Waals surface area contributed by atoms with E-state index < -0.39 is 11.4 Å². The molecule has 78 valence electrons. The van der Waals surface area contributed by atoms with Crippen LogP contribution in [0.5, 0.6) is 0 Å². The van der Waals surface area contributed by atoms with Crippen LogP contribution in [0.1, 0.15) is 27.2 Å². The summed E-state index contributed by atoms with van der Waals surface area (Å²) in [6.45, 7) is 6.53. The zero-order valence-corrected chi connectivity index (χ0v) is 9.21. The van der Waals surface area contributed by atoms with Gasteiger partial charge in [0, 0.05) is 0 Å². The summed E-state index contributed by atoms with van der Waals surface area (Å²) in [5.41, 5.74) is 0. The van der Waals surface area contributed by atoms with E-state index >= 15 is 0 Å². The molecule has 0 rings (SSSR count). The first-order valence-electron chi connectivity index (χ1n) is 4.43. The Morgan fingerprint density at radius 2 is 2.08 bits per heavy atom. The Morgan fingerprint density at radius 3 is 2.54 bits per heavy atom. The molecule has 2 atom stereocenters. The van der Waals surface area contributed by atoms with Gasteiger partial charge in [-0.15, -0.1) is 0 Å². The SMILES string of the molecule is CC(C)CC=C[C@@H](C)COS(=O)O. The highest BCUT2D eigenvalue weighted by Crippen LogP contribution is 2.04. The van der Waals surface area contributed by atoms with Crippen molar-refractivity contribution in [2.24, 2.45) is 11.8 Å². The van der Waals surface area contributed by atoms with Crippen molar-refractivity contribution in [2.45, 2.75) is 27.2 Å². The van der Waals surface area contributed by atoms with E-state index in [1.807, 2.05) is 13.0 Å². The average molecular weight is 206 g/mol. The monoisotopic (exact) mass is 206 g/mol. The van der Waals surface area contributed by atoms with Crippen LogP contribution in [0.25, 0.3) is 0 Å². The number of hydrogen-bond acceptors (Lipinski definition) is 2. The largest absolute Gasteiger partial charge is 0.301 e. The predicted octanol–water partition coefficient (Wildman–Crippen LogP) is 2.38. The van der Waals surface area contributed by atoms with Crippen LogP contribution in [-0.2, 0) is 15.5 Å². The summed E-state index contributed by atoms with van der Waals surface area (Å²) in [5, 5.41) is 0. The molecule has 1 N–H and O–H groups in total. The van der Waals surface area contributed by atoms with Crippen molar-refractivity contribution < 1.29 is 12.9 Å². The summed E-state index contributed by atoms with van der Waals surface area (Å²) in [6.07, 6.45) is 5.12. The molecule has 3 nitrogen and oxygen atoms in total. The molecule has 0 aliphatic carbocycles. The van der Waals surface area contributed by atoms with Crippen LogP contribution in [0.4, 0.5) is 0 Å². The molecular weight excluding hydrogens is 188 g/mol. The zero-order chi connectivity index (χ0) is 10.3. The van der Waals surface area contributed by atoms with Crippen molar-refractivity contribution in [3.8, 4) is 0 Å². The molecule has 0 saturated heterocycles. The third-order valence-corrected chi connectivity index (χ3v) is 1.84. The summed E-state index contributed by atoms with van der Waals surface area (Å²) in [5.74, 6) is 0.839. The maximum absolute atomic E-state index is 10.2. The second kappa shape index (κ2) is 7.24. The molecule has 0 amide bonds. The van der Waals surface area contributed by atoms with Crippen LogP contribution in [-0.4, -0.2) is 15.4 Å². The Morgan fingerprint density at radius 1 is 1.46 bits per heavy atom. The quantitative estimate of drug-likeness (QED) is 0.536. The molecule has 0 aromatic heterocycles. The maximum atomic E-state index is 10.2. The van der Waals surface area contributed by atoms with Crippen molar-refractivity contribution in [1.29, 1.82) is 0 Å². The van der Waals surface area contributed by atoms with Crippen LogP contribution < -0.4 is 0 Å². The lowest BCUT2D eigenvalue weighted by molar-refractivity contribution is 0.279. The molecule has 0 radical (unpaired) electrons. The lowest BCUT2D eigenvalue weighted by atomic mass is 10.1. The maximum Gasteiger partial charge on any atom is 0.301 e. The number of allylic oxidation sites excluding steroid dienone is 1. The smallest absolute Gasteiger partial charge is 0.284 e. The predicted molar refractivity (Wildman–Crippen MR) is 54.5 cm³/mol. The Labute approximate surface area is 82.7 Å². The molecule has 0 bridgehead atoms. The van der Waals surface area contributed by atoms with E-state index in [1.165, 1.54) is 0 Å². The first kappa shape index (κ1) is 12.8. The molecule has 0 aliphatic heterocycles. The van der Waals surface area contributed by atoms with E-state index in [-0.39, 0.29) is 12.5 Å². The zero-order valence-electron chi connectivity index (χ0n) is 8.40. The normalized spacial score (nSPS) is 16.7. The van der Waals surface area contributed by atoms with E-state index in [4.69, 9.17) is 4.55 Å². The molecule has 0 saturated carbocycles. The van der Waals surface area contributed by atoms with Crippen LogP contribution in [0.15, 0.2) is 12.2 Å². The molecular formula is C9H18O3S. The fourth-order valence-electron chi connectivity index (χ4n) is 0.804. The van der Waals surface area contributed by atoms with Crippen molar-refractivity contribution in [1.82, 2.24) is 0 Å². The molecule has 4 heteroatoms. The van der Waals surface area contributed by atoms with Gasteiger partial charge in [-0.3, -0.25) is 8.74 Å². The second-order valence-corrected chi connectivity index (χ2v) is 4.21. The Kier molecular flexibility index (Phi) is 7.13. The topological polar surface area (TPSA) is 46.5 Å². The minimum Gasteiger partial charge on any atom is -0.284 e. The Balaban J connectivity index is 3.55. The second-order valence-electron chi connectivity index (χ2n) is 3.54. The highest BCUT2D eigenvalue weighted by molar-refractivity contribution is 7.74. The van der Waals surface area contributed by atoms with Crippen molar-refractivity contribution in [3.63, 3.8) is 0 Å². The summed E-state index contributed by atoms with van der Waals surface area (Å²) in [4.78, 5) is 0. The average Bonchev–Trinajstić information content (AvgIpc) is 2.00. The Bertz CT molecular complexity index is 178. The number of hydrogen-bond donors (Lipinski definition) is 1. The van der Waals surface area contributed by atoms with Gasteiger partial charge in [0.25, 0.3) is 0 Å². The third-order valence-electron chi connectivity index (χ3n) is 1.50. The van der Waals surface area contributed by atoms with E-state index in [9.17, 15) is 4.21 Å². The van der Waals surface area contributed by atoms with Gasteiger partial charge in [0.1, 0.15) is 0 Å². The lowest BCUT2D eigenvalue weighted by Gasteiger charge is -2.04. The fourth-order valence-corrected chi connectivity index (χ4v) is 1.14. The van der Waals surface area contributed by atoms with E-state index in [0.29, 0.717) is 5.92 Å². The van der Waals surface area contributed by atoms with Gasteiger partial charge in [-0.25, -0.2) is 0 Å².